The van der Waals surface area contributed by atoms with E-state index in [1.807, 2.05) is 0 Å². The van der Waals surface area contributed by atoms with Crippen LogP contribution in [-0.2, 0) is 9.84 Å². The van der Waals surface area contributed by atoms with Gasteiger partial charge in [-0.15, -0.1) is 0 Å². The number of hydrogen-bond donors (Lipinski definition) is 1. The van der Waals surface area contributed by atoms with Gasteiger partial charge in [0.1, 0.15) is 0 Å². The van der Waals surface area contributed by atoms with Crippen LogP contribution in [0.2, 0.25) is 0 Å². The number of carbonyl (C=O) groups is 2. The molecular weight excluding hydrogens is 330 g/mol. The molecule has 1 aromatic carbocycles. The molecule has 0 aliphatic carbocycles. The van der Waals surface area contributed by atoms with E-state index < -0.39 is 15.7 Å². The predicted molar refractivity (Wildman–Crippen MR) is 89.5 cm³/mol. The molecule has 0 spiro atoms. The monoisotopic (exact) mass is 351 g/mol. The van der Waals surface area contributed by atoms with Gasteiger partial charge >= 0.3 is 0 Å². The predicted octanol–water partition coefficient (Wildman–Crippen LogP) is -0.270. The third kappa shape index (κ3) is 3.59. The SMILES string of the molecule is NC(=O)c1cccc(C(=O)N2CCN(C3CCS(=O)(=O)C3)CC2)c1. The second kappa shape index (κ2) is 6.52. The summed E-state index contributed by atoms with van der Waals surface area (Å²) in [5.41, 5.74) is 6.01. The molecule has 7 nitrogen and oxygen atoms in total. The lowest BCUT2D eigenvalue weighted by Crippen LogP contribution is -2.52. The van der Waals surface area contributed by atoms with Gasteiger partial charge in [-0.1, -0.05) is 6.07 Å². The summed E-state index contributed by atoms with van der Waals surface area (Å²) in [4.78, 5) is 27.7. The molecule has 0 radical (unpaired) electrons. The maximum Gasteiger partial charge on any atom is 0.253 e. The number of rotatable bonds is 3. The Morgan fingerprint density at radius 3 is 2.33 bits per heavy atom. The van der Waals surface area contributed by atoms with Crippen LogP contribution in [0.15, 0.2) is 24.3 Å². The molecule has 24 heavy (non-hydrogen) atoms. The highest BCUT2D eigenvalue weighted by Gasteiger charge is 2.34. The van der Waals surface area contributed by atoms with Crippen LogP contribution in [0, 0.1) is 0 Å². The van der Waals surface area contributed by atoms with Crippen LogP contribution in [0.1, 0.15) is 27.1 Å². The fraction of sp³-hybridized carbons (Fsp3) is 0.500. The molecule has 0 saturated carbocycles. The van der Waals surface area contributed by atoms with E-state index in [9.17, 15) is 18.0 Å². The quantitative estimate of drug-likeness (QED) is 0.808. The lowest BCUT2D eigenvalue weighted by Gasteiger charge is -2.37. The number of carbonyl (C=O) groups excluding carboxylic acids is 2. The minimum Gasteiger partial charge on any atom is -0.366 e. The molecule has 2 N–H and O–H groups in total. The van der Waals surface area contributed by atoms with Crippen LogP contribution in [0.5, 0.6) is 0 Å². The second-order valence-electron chi connectivity index (χ2n) is 6.33. The Labute approximate surface area is 141 Å². The van der Waals surface area contributed by atoms with E-state index in [2.05, 4.69) is 4.90 Å². The van der Waals surface area contributed by atoms with Crippen molar-refractivity contribution in [3.63, 3.8) is 0 Å². The number of nitrogens with zero attached hydrogens (tertiary/aromatic N) is 2. The summed E-state index contributed by atoms with van der Waals surface area (Å²) in [5, 5.41) is 0. The van der Waals surface area contributed by atoms with Crippen molar-refractivity contribution >= 4 is 21.7 Å². The normalized spacial score (nSPS) is 24.0. The van der Waals surface area contributed by atoms with Gasteiger partial charge < -0.3 is 10.6 Å². The molecule has 2 heterocycles. The van der Waals surface area contributed by atoms with Crippen molar-refractivity contribution < 1.29 is 18.0 Å². The standard InChI is InChI=1S/C16H21N3O4S/c17-15(20)12-2-1-3-13(10-12)16(21)19-7-5-18(6-8-19)14-4-9-24(22,23)11-14/h1-3,10,14H,4-9,11H2,(H2,17,20). The summed E-state index contributed by atoms with van der Waals surface area (Å²) in [5.74, 6) is -0.202. The first-order chi connectivity index (χ1) is 11.4. The van der Waals surface area contributed by atoms with Crippen LogP contribution >= 0.6 is 0 Å². The molecule has 1 unspecified atom stereocenters. The summed E-state index contributed by atoms with van der Waals surface area (Å²) in [6.45, 7) is 2.44. The van der Waals surface area contributed by atoms with E-state index >= 15 is 0 Å². The van der Waals surface area contributed by atoms with Gasteiger partial charge in [0.05, 0.1) is 11.5 Å². The van der Waals surface area contributed by atoms with E-state index in [1.165, 1.54) is 6.07 Å². The molecule has 2 amide bonds. The Hall–Kier alpha value is -1.93. The lowest BCUT2D eigenvalue weighted by molar-refractivity contribution is 0.0588. The van der Waals surface area contributed by atoms with Gasteiger partial charge in [0.2, 0.25) is 5.91 Å². The number of benzene rings is 1. The minimum absolute atomic E-state index is 0.0745. The highest BCUT2D eigenvalue weighted by Crippen LogP contribution is 2.20. The van der Waals surface area contributed by atoms with Crippen LogP contribution in [-0.4, -0.2) is 73.8 Å². The summed E-state index contributed by atoms with van der Waals surface area (Å²) in [6, 6.07) is 6.49. The third-order valence-electron chi connectivity index (χ3n) is 4.72. The topological polar surface area (TPSA) is 101 Å². The van der Waals surface area contributed by atoms with Crippen molar-refractivity contribution in [3.05, 3.63) is 35.4 Å². The van der Waals surface area contributed by atoms with E-state index in [4.69, 9.17) is 5.73 Å². The third-order valence-corrected chi connectivity index (χ3v) is 6.47. The molecule has 1 atom stereocenters. The van der Waals surface area contributed by atoms with E-state index in [0.29, 0.717) is 43.7 Å². The van der Waals surface area contributed by atoms with Crippen LogP contribution in [0.4, 0.5) is 0 Å². The van der Waals surface area contributed by atoms with E-state index in [1.54, 1.807) is 23.1 Å². The molecule has 0 bridgehead atoms. The Morgan fingerprint density at radius 2 is 1.75 bits per heavy atom. The summed E-state index contributed by atoms with van der Waals surface area (Å²) < 4.78 is 23.2. The van der Waals surface area contributed by atoms with Crippen molar-refractivity contribution in [2.75, 3.05) is 37.7 Å². The average molecular weight is 351 g/mol. The van der Waals surface area contributed by atoms with Crippen LogP contribution in [0.25, 0.3) is 0 Å². The number of primary amides is 1. The largest absolute Gasteiger partial charge is 0.366 e. The van der Waals surface area contributed by atoms with Gasteiger partial charge in [0.15, 0.2) is 9.84 Å². The second-order valence-corrected chi connectivity index (χ2v) is 8.56. The van der Waals surface area contributed by atoms with Gasteiger partial charge in [-0.2, -0.15) is 0 Å². The van der Waals surface area contributed by atoms with Crippen molar-refractivity contribution in [3.8, 4) is 0 Å². The number of amides is 2. The molecule has 2 saturated heterocycles. The average Bonchev–Trinajstić information content (AvgIpc) is 2.94. The molecule has 0 aromatic heterocycles. The molecule has 8 heteroatoms. The van der Waals surface area contributed by atoms with Crippen molar-refractivity contribution in [1.82, 2.24) is 9.80 Å². The maximum absolute atomic E-state index is 12.6. The Bertz CT molecular complexity index is 754. The van der Waals surface area contributed by atoms with Gasteiger partial charge in [-0.3, -0.25) is 14.5 Å². The van der Waals surface area contributed by atoms with E-state index in [0.717, 1.165) is 0 Å². The summed E-state index contributed by atoms with van der Waals surface area (Å²) in [6.07, 6.45) is 0.678. The molecule has 2 fully saturated rings. The zero-order valence-corrected chi connectivity index (χ0v) is 14.2. The molecule has 130 valence electrons. The van der Waals surface area contributed by atoms with Crippen LogP contribution < -0.4 is 5.73 Å². The first kappa shape index (κ1) is 16.9. The number of sulfone groups is 1. The molecule has 1 aromatic rings. The van der Waals surface area contributed by atoms with Crippen molar-refractivity contribution in [2.24, 2.45) is 5.73 Å². The number of piperazine rings is 1. The van der Waals surface area contributed by atoms with Gasteiger partial charge in [0.25, 0.3) is 5.91 Å². The smallest absolute Gasteiger partial charge is 0.253 e. The first-order valence-corrected chi connectivity index (χ1v) is 9.81. The van der Waals surface area contributed by atoms with Crippen molar-refractivity contribution in [2.45, 2.75) is 12.5 Å². The molecule has 2 aliphatic rings. The van der Waals surface area contributed by atoms with E-state index in [-0.39, 0.29) is 23.5 Å². The zero-order valence-electron chi connectivity index (χ0n) is 13.3. The molecular formula is C16H21N3O4S. The first-order valence-electron chi connectivity index (χ1n) is 7.99. The fourth-order valence-electron chi connectivity index (χ4n) is 3.34. The number of nitrogens with two attached hydrogens (primary N) is 1. The highest BCUT2D eigenvalue weighted by atomic mass is 32.2. The molecule has 2 aliphatic heterocycles. The fourth-order valence-corrected chi connectivity index (χ4v) is 5.10. The van der Waals surface area contributed by atoms with Gasteiger partial charge in [-0.25, -0.2) is 8.42 Å². The van der Waals surface area contributed by atoms with Crippen LogP contribution in [0.3, 0.4) is 0 Å². The Kier molecular flexibility index (Phi) is 4.60. The Morgan fingerprint density at radius 1 is 1.08 bits per heavy atom. The summed E-state index contributed by atoms with van der Waals surface area (Å²) >= 11 is 0. The summed E-state index contributed by atoms with van der Waals surface area (Å²) in [7, 11) is -2.90. The van der Waals surface area contributed by atoms with Gasteiger partial charge in [-0.05, 0) is 24.6 Å². The highest BCUT2D eigenvalue weighted by molar-refractivity contribution is 7.91. The van der Waals surface area contributed by atoms with Gasteiger partial charge in [0, 0.05) is 43.3 Å². The zero-order chi connectivity index (χ0) is 17.3. The Balaban J connectivity index is 1.61. The lowest BCUT2D eigenvalue weighted by atomic mass is 10.1. The van der Waals surface area contributed by atoms with Crippen molar-refractivity contribution in [1.29, 1.82) is 0 Å². The minimum atomic E-state index is -2.90. The number of hydrogen-bond acceptors (Lipinski definition) is 5. The maximum atomic E-state index is 12.6. The molecule has 3 rings (SSSR count).